The molecule has 7 heteroatoms. The molecule has 10 aromatic carbocycles. The summed E-state index contributed by atoms with van der Waals surface area (Å²) in [6.45, 7) is 10.2. The van der Waals surface area contributed by atoms with Crippen molar-refractivity contribution in [3.63, 3.8) is 0 Å². The zero-order valence-corrected chi connectivity index (χ0v) is 42.5. The van der Waals surface area contributed by atoms with Crippen LogP contribution in [0, 0.1) is 25.4 Å². The summed E-state index contributed by atoms with van der Waals surface area (Å²) in [5.41, 5.74) is 17.0. The fraction of sp³-hybridized carbons (Fsp3) is 0.0147. The van der Waals surface area contributed by atoms with Crippen LogP contribution >= 0.6 is 0 Å². The van der Waals surface area contributed by atoms with Gasteiger partial charge in [-0.05, 0) is 80.2 Å². The van der Waals surface area contributed by atoms with Gasteiger partial charge in [-0.1, -0.05) is 188 Å². The van der Waals surface area contributed by atoms with E-state index in [0.29, 0.717) is 17.2 Å². The molecule has 0 amide bonds. The summed E-state index contributed by atoms with van der Waals surface area (Å²) in [5.74, 6) is 1.85. The van der Waals surface area contributed by atoms with Gasteiger partial charge < -0.3 is 19.1 Å². The molecule has 0 radical (unpaired) electrons. The molecule has 6 nitrogen and oxygen atoms in total. The van der Waals surface area contributed by atoms with Gasteiger partial charge >= 0.3 is 0 Å². The third kappa shape index (κ3) is 7.38. The Kier molecular flexibility index (Phi) is 11.3. The van der Waals surface area contributed by atoms with Crippen molar-refractivity contribution in [3.8, 4) is 50.7 Å². The number of para-hydroxylation sites is 4. The standard InChI is InChI=1S/C68H42N5O.Pt/c1-69-50-35-37-57-56-27-11-13-31-60(56)68(61(57)42-50,48-23-9-4-10-24-48)49-39-40-70-66(41-49)73-62-32-14-12-28-58(62)59-38-36-53(44-65(59)73)74-52-26-17-25-51(43-52)71-45-72(64-34-16-15-33-63(64)71)67-54(46-19-5-2-6-20-46)29-18-30-55(67)47-21-7-3-8-22-47;/h2-42,45H;/q-3;. The van der Waals surface area contributed by atoms with Crippen molar-refractivity contribution in [2.75, 3.05) is 9.80 Å². The van der Waals surface area contributed by atoms with Crippen molar-refractivity contribution in [3.05, 3.63) is 301 Å². The molecule has 75 heavy (non-hydrogen) atoms. The molecule has 12 aromatic rings. The minimum atomic E-state index is -0.719. The molecule has 2 aromatic heterocycles. The first-order valence-corrected chi connectivity index (χ1v) is 24.7. The smallest absolute Gasteiger partial charge is 0.187 e. The molecule has 0 N–H and O–H groups in total. The maximum Gasteiger partial charge on any atom is 0.187 e. The van der Waals surface area contributed by atoms with Crippen LogP contribution in [0.4, 0.5) is 28.4 Å². The molecule has 0 saturated carbocycles. The predicted octanol–water partition coefficient (Wildman–Crippen LogP) is 17.2. The van der Waals surface area contributed by atoms with Gasteiger partial charge in [-0.2, -0.15) is 12.1 Å². The van der Waals surface area contributed by atoms with Crippen LogP contribution in [-0.2, 0) is 26.5 Å². The maximum atomic E-state index is 8.04. The number of nitrogens with zero attached hydrogens (tertiary/aromatic N) is 5. The van der Waals surface area contributed by atoms with Crippen molar-refractivity contribution in [2.45, 2.75) is 5.41 Å². The second kappa shape index (κ2) is 18.6. The molecule has 1 aliphatic carbocycles. The summed E-state index contributed by atoms with van der Waals surface area (Å²) in [4.78, 5) is 13.5. The summed E-state index contributed by atoms with van der Waals surface area (Å²) in [7, 11) is 0. The summed E-state index contributed by atoms with van der Waals surface area (Å²) in [5, 5.41) is 2.11. The van der Waals surface area contributed by atoms with E-state index in [0.717, 1.165) is 100 Å². The number of hydrogen-bond donors (Lipinski definition) is 0. The number of aromatic nitrogens is 2. The normalized spacial score (nSPS) is 14.2. The number of ether oxygens (including phenoxy) is 1. The molecule has 2 aliphatic rings. The monoisotopic (exact) mass is 1140 g/mol. The van der Waals surface area contributed by atoms with Crippen LogP contribution in [0.5, 0.6) is 11.5 Å². The van der Waals surface area contributed by atoms with E-state index in [9.17, 15) is 0 Å². The van der Waals surface area contributed by atoms with Crippen LogP contribution < -0.4 is 14.5 Å². The Morgan fingerprint density at radius 2 is 1.12 bits per heavy atom. The average molecular weight is 1140 g/mol. The van der Waals surface area contributed by atoms with E-state index in [4.69, 9.17) is 16.3 Å². The minimum Gasteiger partial charge on any atom is -0.509 e. The van der Waals surface area contributed by atoms with Crippen molar-refractivity contribution in [1.29, 1.82) is 0 Å². The molecule has 0 bridgehead atoms. The summed E-state index contributed by atoms with van der Waals surface area (Å²) in [6.07, 6.45) is 1.91. The van der Waals surface area contributed by atoms with Gasteiger partial charge in [-0.3, -0.25) is 0 Å². The van der Waals surface area contributed by atoms with Gasteiger partial charge in [0, 0.05) is 72.5 Å². The third-order valence-corrected chi connectivity index (χ3v) is 14.6. The van der Waals surface area contributed by atoms with Gasteiger partial charge in [-0.25, -0.2) is 9.83 Å². The van der Waals surface area contributed by atoms with Crippen molar-refractivity contribution in [2.24, 2.45) is 0 Å². The van der Waals surface area contributed by atoms with Crippen molar-refractivity contribution < 1.29 is 25.8 Å². The Labute approximate surface area is 450 Å². The Bertz CT molecular complexity index is 4130. The van der Waals surface area contributed by atoms with Gasteiger partial charge in [0.1, 0.15) is 5.82 Å². The molecule has 0 fully saturated rings. The summed E-state index contributed by atoms with van der Waals surface area (Å²) < 4.78 is 8.98. The van der Waals surface area contributed by atoms with Crippen LogP contribution in [0.3, 0.4) is 0 Å². The topological polar surface area (TPSA) is 37.9 Å². The summed E-state index contributed by atoms with van der Waals surface area (Å²) in [6, 6.07) is 91.9. The maximum absolute atomic E-state index is 8.04. The molecule has 358 valence electrons. The second-order valence-electron chi connectivity index (χ2n) is 18.6. The molecule has 1 atom stereocenters. The number of fused-ring (bicyclic) bond motifs is 7. The molecule has 1 aliphatic heterocycles. The van der Waals surface area contributed by atoms with E-state index in [1.165, 1.54) is 5.56 Å². The number of benzene rings is 10. The first kappa shape index (κ1) is 45.6. The van der Waals surface area contributed by atoms with Crippen LogP contribution in [0.2, 0.25) is 0 Å². The Balaban J connectivity index is 0.00000541. The predicted molar refractivity (Wildman–Crippen MR) is 299 cm³/mol. The van der Waals surface area contributed by atoms with E-state index in [-0.39, 0.29) is 21.1 Å². The van der Waals surface area contributed by atoms with Gasteiger partial charge in [0.25, 0.3) is 0 Å². The summed E-state index contributed by atoms with van der Waals surface area (Å²) >= 11 is 0. The Morgan fingerprint density at radius 3 is 1.88 bits per heavy atom. The van der Waals surface area contributed by atoms with Crippen molar-refractivity contribution in [1.82, 2.24) is 9.55 Å². The van der Waals surface area contributed by atoms with E-state index in [1.54, 1.807) is 0 Å². The Hall–Kier alpha value is -9.27. The number of pyridine rings is 1. The number of anilines is 4. The number of hydrogen-bond acceptors (Lipinski definition) is 4. The minimum absolute atomic E-state index is 0. The fourth-order valence-corrected chi connectivity index (χ4v) is 11.5. The van der Waals surface area contributed by atoms with Gasteiger partial charge in [-0.15, -0.1) is 48.1 Å². The van der Waals surface area contributed by atoms with Crippen molar-refractivity contribution >= 4 is 50.2 Å². The van der Waals surface area contributed by atoms with E-state index < -0.39 is 5.41 Å². The average Bonchev–Trinajstić information content (AvgIpc) is 4.14. The number of rotatable bonds is 9. The zero-order chi connectivity index (χ0) is 49.2. The van der Waals surface area contributed by atoms with Crippen LogP contribution in [0.15, 0.2) is 249 Å². The van der Waals surface area contributed by atoms with E-state index >= 15 is 0 Å². The second-order valence-corrected chi connectivity index (χ2v) is 18.6. The molecule has 14 rings (SSSR count). The zero-order valence-electron chi connectivity index (χ0n) is 40.2. The van der Waals surface area contributed by atoms with E-state index in [1.807, 2.05) is 30.5 Å². The van der Waals surface area contributed by atoms with Crippen LogP contribution in [0.1, 0.15) is 22.3 Å². The molecule has 0 spiro atoms. The van der Waals surface area contributed by atoms with Gasteiger partial charge in [0.05, 0.1) is 12.0 Å². The van der Waals surface area contributed by atoms with Gasteiger partial charge in [0.15, 0.2) is 5.69 Å². The first-order valence-electron chi connectivity index (χ1n) is 24.7. The fourth-order valence-electron chi connectivity index (χ4n) is 11.5. The molecular weight excluding hydrogens is 1100 g/mol. The Morgan fingerprint density at radius 1 is 0.493 bits per heavy atom. The molecule has 0 saturated heterocycles. The molecule has 3 heterocycles. The van der Waals surface area contributed by atoms with Crippen LogP contribution in [-0.4, -0.2) is 9.55 Å². The quantitative estimate of drug-likeness (QED) is 0.135. The SMILES string of the molecule is [C-]#[N+]c1ccc2c(c1)C(c1ccccc1)(c1ccnc(-n3c4[c-]c(Oc5[c-]c(N6[CH-]N(c7c(-c8ccccc8)cccc7-c7ccccc7)c7ccccc76)ccc5)ccc4c4ccccc43)c1)c1ccccc1-2.[Pt]. The largest absolute Gasteiger partial charge is 0.509 e. The van der Waals surface area contributed by atoms with E-state index in [2.05, 4.69) is 256 Å². The van der Waals surface area contributed by atoms with Gasteiger partial charge in [0.2, 0.25) is 0 Å². The third-order valence-electron chi connectivity index (χ3n) is 14.6. The first-order chi connectivity index (χ1) is 36.7. The van der Waals surface area contributed by atoms with Crippen LogP contribution in [0.25, 0.3) is 65.8 Å². The molecular formula is C68H42N5OPt-3. The molecule has 1 unspecified atom stereocenters.